The first kappa shape index (κ1) is 13.2. The lowest BCUT2D eigenvalue weighted by Crippen LogP contribution is -2.05. The van der Waals surface area contributed by atoms with E-state index in [1.807, 2.05) is 31.2 Å². The first-order chi connectivity index (χ1) is 9.11. The second-order valence-electron chi connectivity index (χ2n) is 4.33. The van der Waals surface area contributed by atoms with Gasteiger partial charge in [-0.2, -0.15) is 0 Å². The predicted octanol–water partition coefficient (Wildman–Crippen LogP) is 2.59. The molecule has 1 aromatic carbocycles. The Morgan fingerprint density at radius 3 is 2.68 bits per heavy atom. The van der Waals surface area contributed by atoms with Crippen LogP contribution in [0.15, 0.2) is 30.5 Å². The molecule has 0 saturated carbocycles. The molecule has 1 heterocycles. The fourth-order valence-electron chi connectivity index (χ4n) is 1.97. The molecule has 2 aromatic rings. The number of aromatic nitrogens is 2. The molecular weight excluding hydrogens is 240 g/mol. The molecule has 0 N–H and O–H groups in total. The number of ether oxygens (including phenoxy) is 1. The van der Waals surface area contributed by atoms with E-state index in [0.717, 1.165) is 11.3 Å². The van der Waals surface area contributed by atoms with E-state index in [1.54, 1.807) is 13.3 Å². The summed E-state index contributed by atoms with van der Waals surface area (Å²) in [6, 6.07) is 7.77. The normalized spacial score (nSPS) is 10.3. The van der Waals surface area contributed by atoms with Crippen molar-refractivity contribution in [3.63, 3.8) is 0 Å². The Morgan fingerprint density at radius 2 is 2.05 bits per heavy atom. The number of hydrogen-bond donors (Lipinski definition) is 0. The molecule has 1 aromatic heterocycles. The minimum atomic E-state index is -0.0126. The molecule has 0 saturated heterocycles. The summed E-state index contributed by atoms with van der Waals surface area (Å²) < 4.78 is 5.30. The fourth-order valence-corrected chi connectivity index (χ4v) is 1.97. The Kier molecular flexibility index (Phi) is 3.90. The Balaban J connectivity index is 2.29. The number of para-hydroxylation sites is 1. The number of hydrogen-bond acceptors (Lipinski definition) is 4. The second kappa shape index (κ2) is 5.61. The minimum Gasteiger partial charge on any atom is -0.496 e. The van der Waals surface area contributed by atoms with Gasteiger partial charge in [0, 0.05) is 18.2 Å². The SMILES string of the molecule is COc1ccccc1Cc1ncc(C(C)=O)c(C)n1. The van der Waals surface area contributed by atoms with Crippen LogP contribution in [0.1, 0.15) is 34.4 Å². The van der Waals surface area contributed by atoms with Crippen molar-refractivity contribution in [1.82, 2.24) is 9.97 Å². The fraction of sp³-hybridized carbons (Fsp3) is 0.267. The van der Waals surface area contributed by atoms with Crippen molar-refractivity contribution in [2.75, 3.05) is 7.11 Å². The van der Waals surface area contributed by atoms with Crippen LogP contribution in [-0.4, -0.2) is 22.9 Å². The number of rotatable bonds is 4. The zero-order chi connectivity index (χ0) is 13.8. The Bertz CT molecular complexity index is 609. The van der Waals surface area contributed by atoms with Gasteiger partial charge in [0.2, 0.25) is 0 Å². The summed E-state index contributed by atoms with van der Waals surface area (Å²) in [4.78, 5) is 20.0. The van der Waals surface area contributed by atoms with E-state index in [9.17, 15) is 4.79 Å². The standard InChI is InChI=1S/C15H16N2O2/c1-10-13(11(2)18)9-16-15(17-10)8-12-6-4-5-7-14(12)19-3/h4-7,9H,8H2,1-3H3. The molecule has 98 valence electrons. The van der Waals surface area contributed by atoms with Crippen LogP contribution in [-0.2, 0) is 6.42 Å². The highest BCUT2D eigenvalue weighted by Crippen LogP contribution is 2.19. The summed E-state index contributed by atoms with van der Waals surface area (Å²) >= 11 is 0. The van der Waals surface area contributed by atoms with Crippen LogP contribution in [0, 0.1) is 6.92 Å². The van der Waals surface area contributed by atoms with E-state index in [-0.39, 0.29) is 5.78 Å². The third-order valence-electron chi connectivity index (χ3n) is 2.95. The number of benzene rings is 1. The number of methoxy groups -OCH3 is 1. The van der Waals surface area contributed by atoms with Gasteiger partial charge in [0.1, 0.15) is 11.6 Å². The summed E-state index contributed by atoms with van der Waals surface area (Å²) in [5, 5.41) is 0. The maximum atomic E-state index is 11.3. The number of nitrogens with zero attached hydrogens (tertiary/aromatic N) is 2. The minimum absolute atomic E-state index is 0.0126. The highest BCUT2D eigenvalue weighted by Gasteiger charge is 2.09. The maximum absolute atomic E-state index is 11.3. The van der Waals surface area contributed by atoms with Crippen molar-refractivity contribution in [2.24, 2.45) is 0 Å². The van der Waals surface area contributed by atoms with Gasteiger partial charge in [0.25, 0.3) is 0 Å². The zero-order valence-corrected chi connectivity index (χ0v) is 11.3. The van der Waals surface area contributed by atoms with Gasteiger partial charge < -0.3 is 4.74 Å². The van der Waals surface area contributed by atoms with E-state index in [2.05, 4.69) is 9.97 Å². The molecule has 0 bridgehead atoms. The molecule has 0 atom stereocenters. The van der Waals surface area contributed by atoms with E-state index in [1.165, 1.54) is 6.92 Å². The quantitative estimate of drug-likeness (QED) is 0.789. The monoisotopic (exact) mass is 256 g/mol. The summed E-state index contributed by atoms with van der Waals surface area (Å²) in [6.45, 7) is 3.34. The molecule has 4 nitrogen and oxygen atoms in total. The largest absolute Gasteiger partial charge is 0.496 e. The molecule has 0 radical (unpaired) electrons. The van der Waals surface area contributed by atoms with Gasteiger partial charge in [-0.25, -0.2) is 9.97 Å². The van der Waals surface area contributed by atoms with Gasteiger partial charge in [-0.1, -0.05) is 18.2 Å². The van der Waals surface area contributed by atoms with Crippen LogP contribution in [0.25, 0.3) is 0 Å². The van der Waals surface area contributed by atoms with Crippen LogP contribution in [0.3, 0.4) is 0 Å². The van der Waals surface area contributed by atoms with E-state index < -0.39 is 0 Å². The highest BCUT2D eigenvalue weighted by molar-refractivity contribution is 5.94. The van der Waals surface area contributed by atoms with Crippen molar-refractivity contribution >= 4 is 5.78 Å². The van der Waals surface area contributed by atoms with E-state index >= 15 is 0 Å². The van der Waals surface area contributed by atoms with Crippen molar-refractivity contribution in [1.29, 1.82) is 0 Å². The smallest absolute Gasteiger partial charge is 0.163 e. The van der Waals surface area contributed by atoms with Gasteiger partial charge >= 0.3 is 0 Å². The Morgan fingerprint density at radius 1 is 1.32 bits per heavy atom. The van der Waals surface area contributed by atoms with Crippen molar-refractivity contribution in [2.45, 2.75) is 20.3 Å². The first-order valence-electron chi connectivity index (χ1n) is 6.07. The zero-order valence-electron chi connectivity index (χ0n) is 11.3. The summed E-state index contributed by atoms with van der Waals surface area (Å²) in [5.41, 5.74) is 2.32. The lowest BCUT2D eigenvalue weighted by atomic mass is 10.1. The van der Waals surface area contributed by atoms with Gasteiger partial charge in [-0.05, 0) is 19.9 Å². The molecular formula is C15H16N2O2. The number of carbonyl (C=O) groups is 1. The molecule has 0 aliphatic rings. The highest BCUT2D eigenvalue weighted by atomic mass is 16.5. The molecule has 0 aliphatic carbocycles. The van der Waals surface area contributed by atoms with Crippen molar-refractivity contribution < 1.29 is 9.53 Å². The Labute approximate surface area is 112 Å². The topological polar surface area (TPSA) is 52.1 Å². The van der Waals surface area contributed by atoms with Crippen molar-refractivity contribution in [3.05, 3.63) is 53.1 Å². The number of Topliss-reactive ketones (excluding diaryl/α,β-unsaturated/α-hetero) is 1. The van der Waals surface area contributed by atoms with Crippen LogP contribution in [0.2, 0.25) is 0 Å². The van der Waals surface area contributed by atoms with E-state index in [0.29, 0.717) is 23.5 Å². The van der Waals surface area contributed by atoms with Gasteiger partial charge in [0.15, 0.2) is 5.78 Å². The molecule has 0 fully saturated rings. The molecule has 0 spiro atoms. The maximum Gasteiger partial charge on any atom is 0.163 e. The molecule has 2 rings (SSSR count). The summed E-state index contributed by atoms with van der Waals surface area (Å²) in [6.07, 6.45) is 2.18. The number of carbonyl (C=O) groups excluding carboxylic acids is 1. The molecule has 19 heavy (non-hydrogen) atoms. The lowest BCUT2D eigenvalue weighted by Gasteiger charge is -2.08. The van der Waals surface area contributed by atoms with Gasteiger partial charge in [-0.3, -0.25) is 4.79 Å². The average Bonchev–Trinajstić information content (AvgIpc) is 2.39. The second-order valence-corrected chi connectivity index (χ2v) is 4.33. The predicted molar refractivity (Wildman–Crippen MR) is 72.6 cm³/mol. The van der Waals surface area contributed by atoms with E-state index in [4.69, 9.17) is 4.74 Å². The van der Waals surface area contributed by atoms with Crippen LogP contribution in [0.4, 0.5) is 0 Å². The number of aryl methyl sites for hydroxylation is 1. The van der Waals surface area contributed by atoms with Gasteiger partial charge in [-0.15, -0.1) is 0 Å². The lowest BCUT2D eigenvalue weighted by molar-refractivity contribution is 0.101. The first-order valence-corrected chi connectivity index (χ1v) is 6.07. The third kappa shape index (κ3) is 2.96. The van der Waals surface area contributed by atoms with Crippen LogP contribution < -0.4 is 4.74 Å². The molecule has 0 amide bonds. The average molecular weight is 256 g/mol. The third-order valence-corrected chi connectivity index (χ3v) is 2.95. The summed E-state index contributed by atoms with van der Waals surface area (Å²) in [5.74, 6) is 1.49. The number of ketones is 1. The van der Waals surface area contributed by atoms with Crippen LogP contribution in [0.5, 0.6) is 5.75 Å². The van der Waals surface area contributed by atoms with Crippen molar-refractivity contribution in [3.8, 4) is 5.75 Å². The molecule has 4 heteroatoms. The molecule has 0 aliphatic heterocycles. The summed E-state index contributed by atoms with van der Waals surface area (Å²) in [7, 11) is 1.64. The molecule has 0 unspecified atom stereocenters. The van der Waals surface area contributed by atoms with Gasteiger partial charge in [0.05, 0.1) is 18.4 Å². The van der Waals surface area contributed by atoms with Crippen LogP contribution >= 0.6 is 0 Å². The Hall–Kier alpha value is -2.23.